The molecule has 1 aromatic carbocycles. The van der Waals surface area contributed by atoms with Gasteiger partial charge in [-0.2, -0.15) is 0 Å². The molecule has 0 saturated carbocycles. The Hall–Kier alpha value is -2.16. The third-order valence-electron chi connectivity index (χ3n) is 12.2. The highest BCUT2D eigenvalue weighted by atomic mass is 28.4. The summed E-state index contributed by atoms with van der Waals surface area (Å²) in [6.45, 7) is 32.8. The number of ketones is 1. The van der Waals surface area contributed by atoms with Crippen LogP contribution in [0.15, 0.2) is 6.07 Å². The molecule has 0 aromatic heterocycles. The van der Waals surface area contributed by atoms with Crippen LogP contribution in [0.5, 0.6) is 11.5 Å². The summed E-state index contributed by atoms with van der Waals surface area (Å²) < 4.78 is 53.3. The summed E-state index contributed by atoms with van der Waals surface area (Å²) >= 11 is 0. The SMILES string of the molecule is COC(=O)c1c(OCOCC[Si](C)(C)C)cc(OCOCC[Si](C)(C)C)c(C)c1C[C@@H](O)[C@H](C)C(=O)C[C@H]1O[C@H]([C@H](OC)C(=O)OC)C[C@@H](O[Si](C)(C)C(C)(C)C)C1(C)C. The molecule has 1 aliphatic rings. The predicted octanol–water partition coefficient (Wildman–Crippen LogP) is 8.42. The Labute approximate surface area is 364 Å². The molecule has 60 heavy (non-hydrogen) atoms. The molecule has 0 radical (unpaired) electrons. The average molecular weight is 901 g/mol. The molecule has 1 saturated heterocycles. The second-order valence-corrected chi connectivity index (χ2v) is 36.8. The Morgan fingerprint density at radius 2 is 1.42 bits per heavy atom. The normalized spacial score (nSPS) is 20.2. The van der Waals surface area contributed by atoms with Gasteiger partial charge >= 0.3 is 11.9 Å². The summed E-state index contributed by atoms with van der Waals surface area (Å²) in [4.78, 5) is 40.7. The van der Waals surface area contributed by atoms with Gasteiger partial charge in [0.05, 0.1) is 38.6 Å². The molecule has 0 amide bonds. The van der Waals surface area contributed by atoms with Crippen molar-refractivity contribution >= 4 is 42.2 Å². The third-order valence-corrected chi connectivity index (χ3v) is 20.1. The molecule has 1 N–H and O–H groups in total. The van der Waals surface area contributed by atoms with E-state index in [9.17, 15) is 19.5 Å². The van der Waals surface area contributed by atoms with Crippen LogP contribution < -0.4 is 9.47 Å². The molecular weight excluding hydrogens is 821 g/mol. The summed E-state index contributed by atoms with van der Waals surface area (Å²) in [5.41, 5.74) is 0.451. The number of carbonyl (C=O) groups excluding carboxylic acids is 3. The number of hydrogen-bond acceptors (Lipinski definition) is 13. The third kappa shape index (κ3) is 15.6. The van der Waals surface area contributed by atoms with E-state index in [1.54, 1.807) is 19.9 Å². The van der Waals surface area contributed by atoms with Crippen molar-refractivity contribution in [2.24, 2.45) is 11.3 Å². The average Bonchev–Trinajstić information content (AvgIpc) is 3.12. The molecule has 1 fully saturated rings. The maximum Gasteiger partial charge on any atom is 0.341 e. The van der Waals surface area contributed by atoms with Crippen LogP contribution in [0.25, 0.3) is 0 Å². The minimum atomic E-state index is -2.33. The fourth-order valence-corrected chi connectivity index (χ4v) is 9.58. The van der Waals surface area contributed by atoms with E-state index in [4.69, 9.17) is 42.3 Å². The molecule has 13 nitrogen and oxygen atoms in total. The van der Waals surface area contributed by atoms with E-state index in [2.05, 4.69) is 73.1 Å². The minimum absolute atomic E-state index is 0.0237. The topological polar surface area (TPSA) is 155 Å². The van der Waals surface area contributed by atoms with Gasteiger partial charge in [-0.1, -0.05) is 80.8 Å². The van der Waals surface area contributed by atoms with E-state index >= 15 is 0 Å². The first-order valence-corrected chi connectivity index (χ1v) is 31.6. The van der Waals surface area contributed by atoms with Crippen LogP contribution >= 0.6 is 0 Å². The highest BCUT2D eigenvalue weighted by Crippen LogP contribution is 2.46. The predicted molar refractivity (Wildman–Crippen MR) is 242 cm³/mol. The summed E-state index contributed by atoms with van der Waals surface area (Å²) in [7, 11) is -1.00. The standard InChI is InChI=1S/C44H80O13Si3/c1-29-31(39(41(47)50-9)35(55-28-53-20-22-59(14,15)16)25-34(29)54-27-52-19-21-58(11,12)13)23-32(45)30(2)33(46)24-37-44(6,7)38(57-60(17,18)43(3,4)5)26-36(56-37)40(49-8)42(48)51-10/h25,30,32,36-38,40,45H,19-24,26-28H2,1-18H3/t30-,32+,36-,37+,38+,40-/m0/s1. The van der Waals surface area contributed by atoms with Gasteiger partial charge in [-0.3, -0.25) is 4.79 Å². The van der Waals surface area contributed by atoms with Crippen molar-refractivity contribution in [3.8, 4) is 11.5 Å². The lowest BCUT2D eigenvalue weighted by molar-refractivity contribution is -0.208. The van der Waals surface area contributed by atoms with Crippen molar-refractivity contribution in [1.29, 1.82) is 0 Å². The molecule has 1 aliphatic heterocycles. The number of methoxy groups -OCH3 is 3. The summed E-state index contributed by atoms with van der Waals surface area (Å²) in [6, 6.07) is 3.53. The molecular formula is C44H80O13Si3. The lowest BCUT2D eigenvalue weighted by Crippen LogP contribution is -2.59. The number of aliphatic hydroxyl groups excluding tert-OH is 1. The number of benzene rings is 1. The fraction of sp³-hybridized carbons (Fsp3) is 0.795. The highest BCUT2D eigenvalue weighted by molar-refractivity contribution is 6.76. The van der Waals surface area contributed by atoms with Gasteiger partial charge in [0.2, 0.25) is 0 Å². The van der Waals surface area contributed by atoms with Crippen LogP contribution in [0.4, 0.5) is 0 Å². The van der Waals surface area contributed by atoms with Crippen molar-refractivity contribution in [2.75, 3.05) is 48.1 Å². The molecule has 0 bridgehead atoms. The van der Waals surface area contributed by atoms with Gasteiger partial charge in [0.1, 0.15) is 22.8 Å². The Morgan fingerprint density at radius 1 is 0.883 bits per heavy atom. The summed E-state index contributed by atoms with van der Waals surface area (Å²) in [5, 5.41) is 11.8. The first-order valence-electron chi connectivity index (χ1n) is 21.3. The van der Waals surface area contributed by atoms with Crippen molar-refractivity contribution in [3.05, 3.63) is 22.8 Å². The zero-order valence-corrected chi connectivity index (χ0v) is 43.3. The molecule has 0 spiro atoms. The lowest BCUT2D eigenvalue weighted by Gasteiger charge is -2.52. The number of Topliss-reactive ketones (excluding diaryl/α,β-unsaturated/α-hetero) is 1. The minimum Gasteiger partial charge on any atom is -0.467 e. The van der Waals surface area contributed by atoms with E-state index in [1.165, 1.54) is 21.3 Å². The molecule has 0 aliphatic carbocycles. The van der Waals surface area contributed by atoms with E-state index in [0.29, 0.717) is 36.5 Å². The summed E-state index contributed by atoms with van der Waals surface area (Å²) in [5.74, 6) is -1.81. The molecule has 1 heterocycles. The lowest BCUT2D eigenvalue weighted by atomic mass is 9.73. The van der Waals surface area contributed by atoms with E-state index < -0.39 is 72.2 Å². The number of rotatable bonds is 24. The van der Waals surface area contributed by atoms with Crippen molar-refractivity contribution in [2.45, 2.75) is 168 Å². The van der Waals surface area contributed by atoms with Crippen molar-refractivity contribution in [1.82, 2.24) is 0 Å². The van der Waals surface area contributed by atoms with Gasteiger partial charge in [0.25, 0.3) is 0 Å². The van der Waals surface area contributed by atoms with Gasteiger partial charge in [0.15, 0.2) is 28.0 Å². The van der Waals surface area contributed by atoms with Crippen LogP contribution in [0.1, 0.15) is 75.9 Å². The Bertz CT molecular complexity index is 1560. The van der Waals surface area contributed by atoms with Crippen molar-refractivity contribution < 1.29 is 61.8 Å². The highest BCUT2D eigenvalue weighted by Gasteiger charge is 2.52. The first-order chi connectivity index (χ1) is 27.5. The van der Waals surface area contributed by atoms with E-state index in [0.717, 1.165) is 12.1 Å². The Balaban J connectivity index is 2.51. The van der Waals surface area contributed by atoms with Gasteiger partial charge in [-0.25, -0.2) is 9.59 Å². The van der Waals surface area contributed by atoms with Crippen LogP contribution in [0.3, 0.4) is 0 Å². The van der Waals surface area contributed by atoms with Gasteiger partial charge < -0.3 is 47.4 Å². The number of ether oxygens (including phenoxy) is 8. The number of esters is 2. The number of aliphatic hydroxyl groups is 1. The Kier molecular flexibility index (Phi) is 20.2. The number of carbonyl (C=O) groups is 3. The van der Waals surface area contributed by atoms with Crippen LogP contribution in [0, 0.1) is 18.3 Å². The quantitative estimate of drug-likeness (QED) is 0.0457. The van der Waals surface area contributed by atoms with Gasteiger partial charge in [0, 0.05) is 73.1 Å². The van der Waals surface area contributed by atoms with Gasteiger partial charge in [-0.15, -0.1) is 0 Å². The smallest absolute Gasteiger partial charge is 0.341 e. The van der Waals surface area contributed by atoms with Gasteiger partial charge in [-0.05, 0) is 48.3 Å². The van der Waals surface area contributed by atoms with E-state index in [-0.39, 0.29) is 54.7 Å². The Morgan fingerprint density at radius 3 is 1.88 bits per heavy atom. The van der Waals surface area contributed by atoms with Crippen LogP contribution in [0.2, 0.25) is 69.5 Å². The molecule has 1 aromatic rings. The molecule has 0 unspecified atom stereocenters. The maximum absolute atomic E-state index is 14.3. The van der Waals surface area contributed by atoms with Crippen LogP contribution in [-0.4, -0.2) is 126 Å². The second-order valence-electron chi connectivity index (χ2n) is 20.8. The second kappa shape index (κ2) is 22.5. The fourth-order valence-electron chi connectivity index (χ4n) is 6.60. The monoisotopic (exact) mass is 900 g/mol. The zero-order chi connectivity index (χ0) is 46.0. The maximum atomic E-state index is 14.3. The largest absolute Gasteiger partial charge is 0.467 e. The molecule has 6 atom stereocenters. The first kappa shape index (κ1) is 54.0. The molecule has 346 valence electrons. The zero-order valence-electron chi connectivity index (χ0n) is 40.3. The van der Waals surface area contributed by atoms with Crippen molar-refractivity contribution in [3.63, 3.8) is 0 Å². The summed E-state index contributed by atoms with van der Waals surface area (Å²) in [6.07, 6.45) is -3.86. The number of hydrogen-bond donors (Lipinski definition) is 1. The van der Waals surface area contributed by atoms with Crippen LogP contribution in [-0.2, 0) is 48.9 Å². The molecule has 2 rings (SSSR count). The molecule has 16 heteroatoms. The van der Waals surface area contributed by atoms with E-state index in [1.807, 2.05) is 13.8 Å².